The molecule has 19 heavy (non-hydrogen) atoms. The first-order chi connectivity index (χ1) is 9.02. The highest BCUT2D eigenvalue weighted by atomic mass is 35.5. The van der Waals surface area contributed by atoms with Crippen LogP contribution in [0.3, 0.4) is 0 Å². The fourth-order valence-corrected chi connectivity index (χ4v) is 2.32. The van der Waals surface area contributed by atoms with Crippen molar-refractivity contribution in [2.24, 2.45) is 0 Å². The van der Waals surface area contributed by atoms with Crippen molar-refractivity contribution in [2.75, 3.05) is 31.4 Å². The molecule has 0 fully saturated rings. The van der Waals surface area contributed by atoms with Crippen LogP contribution in [-0.4, -0.2) is 26.1 Å². The minimum absolute atomic E-state index is 0.515. The fourth-order valence-electron chi connectivity index (χ4n) is 1.76. The van der Waals surface area contributed by atoms with Gasteiger partial charge in [-0.25, -0.2) is 4.98 Å². The highest BCUT2D eigenvalue weighted by Gasteiger charge is 2.10. The van der Waals surface area contributed by atoms with Gasteiger partial charge in [0.25, 0.3) is 0 Å². The van der Waals surface area contributed by atoms with Crippen molar-refractivity contribution in [1.82, 2.24) is 4.98 Å². The van der Waals surface area contributed by atoms with Gasteiger partial charge in [0.05, 0.1) is 15.7 Å². The largest absolute Gasteiger partial charge is 0.378 e. The summed E-state index contributed by atoms with van der Waals surface area (Å²) in [4.78, 5) is 6.49. The van der Waals surface area contributed by atoms with Gasteiger partial charge < -0.3 is 10.2 Å². The summed E-state index contributed by atoms with van der Waals surface area (Å²) >= 11 is 12.2. The molecule has 1 aromatic heterocycles. The quantitative estimate of drug-likeness (QED) is 0.921. The third-order valence-electron chi connectivity index (χ3n) is 2.82. The molecule has 1 N–H and O–H groups in total. The maximum absolute atomic E-state index is 6.21. The molecule has 100 valence electrons. The lowest BCUT2D eigenvalue weighted by Crippen LogP contribution is -2.08. The molecule has 0 aliphatic rings. The van der Waals surface area contributed by atoms with Crippen molar-refractivity contribution in [3.05, 3.63) is 40.4 Å². The first-order valence-electron chi connectivity index (χ1n) is 5.84. The van der Waals surface area contributed by atoms with Gasteiger partial charge in [0.2, 0.25) is 0 Å². The molecule has 0 spiro atoms. The molecule has 0 amide bonds. The van der Waals surface area contributed by atoms with Gasteiger partial charge in [-0.05, 0) is 18.2 Å². The monoisotopic (exact) mass is 295 g/mol. The molecule has 0 unspecified atom stereocenters. The van der Waals surface area contributed by atoms with E-state index in [2.05, 4.69) is 10.3 Å². The van der Waals surface area contributed by atoms with Crippen LogP contribution in [0.15, 0.2) is 30.3 Å². The Morgan fingerprint density at radius 3 is 2.21 bits per heavy atom. The van der Waals surface area contributed by atoms with Crippen molar-refractivity contribution in [3.63, 3.8) is 0 Å². The number of nitrogens with one attached hydrogen (secondary N) is 1. The van der Waals surface area contributed by atoms with E-state index < -0.39 is 0 Å². The predicted octanol–water partition coefficient (Wildman–Crippen LogP) is 4.16. The van der Waals surface area contributed by atoms with Crippen LogP contribution in [0.2, 0.25) is 10.0 Å². The molecule has 0 aliphatic heterocycles. The molecule has 0 bridgehead atoms. The van der Waals surface area contributed by atoms with Crippen LogP contribution in [0.25, 0.3) is 11.3 Å². The number of anilines is 2. The first kappa shape index (κ1) is 14.0. The fraction of sp³-hybridized carbons (Fsp3) is 0.214. The van der Waals surface area contributed by atoms with E-state index in [-0.39, 0.29) is 0 Å². The maximum atomic E-state index is 6.21. The normalized spacial score (nSPS) is 10.4. The van der Waals surface area contributed by atoms with E-state index in [4.69, 9.17) is 23.2 Å². The van der Waals surface area contributed by atoms with Crippen molar-refractivity contribution >= 4 is 34.7 Å². The Labute approximate surface area is 123 Å². The Balaban J connectivity index is 2.46. The van der Waals surface area contributed by atoms with E-state index in [0.717, 1.165) is 16.9 Å². The molecule has 3 nitrogen and oxygen atoms in total. The molecule has 5 heteroatoms. The summed E-state index contributed by atoms with van der Waals surface area (Å²) in [7, 11) is 5.78. The Morgan fingerprint density at radius 2 is 1.68 bits per heavy atom. The van der Waals surface area contributed by atoms with Gasteiger partial charge in [0, 0.05) is 32.4 Å². The van der Waals surface area contributed by atoms with Crippen molar-refractivity contribution in [1.29, 1.82) is 0 Å². The molecule has 0 atom stereocenters. The number of hydrogen-bond donors (Lipinski definition) is 1. The van der Waals surface area contributed by atoms with Gasteiger partial charge in [-0.2, -0.15) is 0 Å². The highest BCUT2D eigenvalue weighted by molar-refractivity contribution is 6.37. The zero-order chi connectivity index (χ0) is 14.0. The lowest BCUT2D eigenvalue weighted by atomic mass is 10.1. The molecule has 0 radical (unpaired) electrons. The summed E-state index contributed by atoms with van der Waals surface area (Å²) in [6.07, 6.45) is 0. The van der Waals surface area contributed by atoms with Crippen LogP contribution in [0.5, 0.6) is 0 Å². The number of rotatable bonds is 3. The van der Waals surface area contributed by atoms with E-state index >= 15 is 0 Å². The van der Waals surface area contributed by atoms with E-state index in [1.807, 2.05) is 43.3 Å². The minimum Gasteiger partial charge on any atom is -0.378 e. The van der Waals surface area contributed by atoms with E-state index in [1.54, 1.807) is 13.1 Å². The van der Waals surface area contributed by atoms with E-state index in [9.17, 15) is 0 Å². The van der Waals surface area contributed by atoms with Gasteiger partial charge in [-0.3, -0.25) is 0 Å². The zero-order valence-corrected chi connectivity index (χ0v) is 12.5. The number of nitrogens with zero attached hydrogens (tertiary/aromatic N) is 2. The average Bonchev–Trinajstić information content (AvgIpc) is 2.39. The van der Waals surface area contributed by atoms with Crippen LogP contribution in [0.4, 0.5) is 11.5 Å². The second-order valence-electron chi connectivity index (χ2n) is 4.34. The molecular weight excluding hydrogens is 281 g/mol. The Morgan fingerprint density at radius 1 is 1.05 bits per heavy atom. The minimum atomic E-state index is 0.515. The lowest BCUT2D eigenvalue weighted by Gasteiger charge is -2.13. The second kappa shape index (κ2) is 5.68. The van der Waals surface area contributed by atoms with E-state index in [1.165, 1.54) is 0 Å². The summed E-state index contributed by atoms with van der Waals surface area (Å²) in [6.45, 7) is 0. The third-order valence-corrected chi connectivity index (χ3v) is 3.40. The third kappa shape index (κ3) is 2.94. The molecule has 0 saturated heterocycles. The molecule has 0 saturated carbocycles. The number of benzene rings is 1. The zero-order valence-electron chi connectivity index (χ0n) is 11.0. The van der Waals surface area contributed by atoms with Gasteiger partial charge >= 0.3 is 0 Å². The van der Waals surface area contributed by atoms with Gasteiger partial charge in [-0.15, -0.1) is 0 Å². The predicted molar refractivity (Wildman–Crippen MR) is 83.6 cm³/mol. The van der Waals surface area contributed by atoms with Crippen LogP contribution in [0.1, 0.15) is 0 Å². The smallest absolute Gasteiger partial charge is 0.145 e. The van der Waals surface area contributed by atoms with Crippen LogP contribution < -0.4 is 10.2 Å². The second-order valence-corrected chi connectivity index (χ2v) is 5.15. The SMILES string of the molecule is CNc1nc(-c2ccc(N(C)C)cc2)c(Cl)cc1Cl. The van der Waals surface area contributed by atoms with Crippen LogP contribution >= 0.6 is 23.2 Å². The summed E-state index contributed by atoms with van der Waals surface area (Å²) in [5, 5.41) is 4.01. The summed E-state index contributed by atoms with van der Waals surface area (Å²) in [5.74, 6) is 0.623. The summed E-state index contributed by atoms with van der Waals surface area (Å²) in [5.41, 5.74) is 2.81. The molecule has 2 aromatic rings. The Bertz CT molecular complexity index is 580. The topological polar surface area (TPSA) is 28.2 Å². The summed E-state index contributed by atoms with van der Waals surface area (Å²) < 4.78 is 0. The molecule has 2 rings (SSSR count). The number of pyridine rings is 1. The van der Waals surface area contributed by atoms with Crippen LogP contribution in [-0.2, 0) is 0 Å². The summed E-state index contributed by atoms with van der Waals surface area (Å²) in [6, 6.07) is 9.76. The standard InChI is InChI=1S/C14H15Cl2N3/c1-17-14-12(16)8-11(15)13(18-14)9-4-6-10(7-5-9)19(2)3/h4-8H,1-3H3,(H,17,18). The van der Waals surface area contributed by atoms with Crippen molar-refractivity contribution in [2.45, 2.75) is 0 Å². The van der Waals surface area contributed by atoms with Crippen molar-refractivity contribution in [3.8, 4) is 11.3 Å². The molecule has 1 aromatic carbocycles. The Kier molecular flexibility index (Phi) is 4.17. The maximum Gasteiger partial charge on any atom is 0.145 e. The molecule has 0 aliphatic carbocycles. The van der Waals surface area contributed by atoms with Gasteiger partial charge in [0.15, 0.2) is 0 Å². The number of halogens is 2. The number of aromatic nitrogens is 1. The van der Waals surface area contributed by atoms with Gasteiger partial charge in [-0.1, -0.05) is 35.3 Å². The molecular formula is C14H15Cl2N3. The molecule has 1 heterocycles. The van der Waals surface area contributed by atoms with Gasteiger partial charge in [0.1, 0.15) is 5.82 Å². The highest BCUT2D eigenvalue weighted by Crippen LogP contribution is 2.32. The lowest BCUT2D eigenvalue weighted by molar-refractivity contribution is 1.13. The number of hydrogen-bond acceptors (Lipinski definition) is 3. The van der Waals surface area contributed by atoms with Crippen molar-refractivity contribution < 1.29 is 0 Å². The first-order valence-corrected chi connectivity index (χ1v) is 6.60. The van der Waals surface area contributed by atoms with E-state index in [0.29, 0.717) is 15.9 Å². The Hall–Kier alpha value is -1.45. The average molecular weight is 296 g/mol. The van der Waals surface area contributed by atoms with Crippen LogP contribution in [0, 0.1) is 0 Å².